The van der Waals surface area contributed by atoms with Gasteiger partial charge in [0.1, 0.15) is 11.2 Å². The van der Waals surface area contributed by atoms with Crippen molar-refractivity contribution in [3.05, 3.63) is 16.8 Å². The summed E-state index contributed by atoms with van der Waals surface area (Å²) < 4.78 is 5.83. The van der Waals surface area contributed by atoms with E-state index in [1.165, 1.54) is 42.5 Å². The van der Waals surface area contributed by atoms with Crippen LogP contribution in [0.5, 0.6) is 5.88 Å². The van der Waals surface area contributed by atoms with Gasteiger partial charge in [-0.2, -0.15) is 0 Å². The van der Waals surface area contributed by atoms with Gasteiger partial charge < -0.3 is 10.1 Å². The highest BCUT2D eigenvalue weighted by atomic mass is 32.1. The molecule has 0 aromatic carbocycles. The van der Waals surface area contributed by atoms with E-state index in [1.54, 1.807) is 17.7 Å². The van der Waals surface area contributed by atoms with Gasteiger partial charge in [-0.25, -0.2) is 9.97 Å². The van der Waals surface area contributed by atoms with Crippen LogP contribution in [0.4, 0.5) is 0 Å². The fourth-order valence-electron chi connectivity index (χ4n) is 4.08. The van der Waals surface area contributed by atoms with E-state index in [0.717, 1.165) is 29.5 Å². The minimum absolute atomic E-state index is 0.0277. The minimum Gasteiger partial charge on any atom is -0.467 e. The van der Waals surface area contributed by atoms with Crippen LogP contribution >= 0.6 is 11.3 Å². The maximum Gasteiger partial charge on any atom is 0.258 e. The van der Waals surface area contributed by atoms with Crippen LogP contribution in [0.15, 0.2) is 6.33 Å². The van der Waals surface area contributed by atoms with E-state index < -0.39 is 0 Å². The Hall–Kier alpha value is -1.69. The Morgan fingerprint density at radius 3 is 2.96 bits per heavy atom. The number of rotatable bonds is 4. The maximum atomic E-state index is 12.3. The molecule has 0 bridgehead atoms. The van der Waals surface area contributed by atoms with Crippen molar-refractivity contribution >= 4 is 27.5 Å². The maximum absolute atomic E-state index is 12.3. The number of carbonyl (C=O) groups excluding carboxylic acids is 1. The first-order valence-electron chi connectivity index (χ1n) is 9.40. The number of amides is 1. The number of carbonyl (C=O) groups is 1. The summed E-state index contributed by atoms with van der Waals surface area (Å²) in [7, 11) is 0. The number of aryl methyl sites for hydroxylation is 2. The van der Waals surface area contributed by atoms with Crippen molar-refractivity contribution in [2.24, 2.45) is 5.92 Å². The first-order valence-corrected chi connectivity index (χ1v) is 10.2. The summed E-state index contributed by atoms with van der Waals surface area (Å²) in [6.45, 7) is 2.25. The molecule has 2 aliphatic carbocycles. The van der Waals surface area contributed by atoms with Gasteiger partial charge in [0, 0.05) is 10.9 Å². The highest BCUT2D eigenvalue weighted by Gasteiger charge is 2.24. The van der Waals surface area contributed by atoms with Crippen molar-refractivity contribution in [1.82, 2.24) is 15.3 Å². The normalized spacial score (nSPS) is 23.2. The lowest BCUT2D eigenvalue weighted by molar-refractivity contribution is -0.124. The lowest BCUT2D eigenvalue weighted by Crippen LogP contribution is -2.43. The molecule has 134 valence electrons. The predicted molar refractivity (Wildman–Crippen MR) is 99.1 cm³/mol. The number of nitrogens with zero attached hydrogens (tertiary/aromatic N) is 2. The number of fused-ring (bicyclic) bond motifs is 3. The number of nitrogens with one attached hydrogen (secondary N) is 1. The lowest BCUT2D eigenvalue weighted by Gasteiger charge is -2.29. The molecule has 2 aromatic heterocycles. The minimum atomic E-state index is -0.0467. The number of hydrogen-bond donors (Lipinski definition) is 1. The second kappa shape index (κ2) is 7.28. The van der Waals surface area contributed by atoms with E-state index >= 15 is 0 Å². The Morgan fingerprint density at radius 1 is 1.24 bits per heavy atom. The third-order valence-electron chi connectivity index (χ3n) is 5.51. The molecule has 2 aromatic rings. The van der Waals surface area contributed by atoms with Crippen LogP contribution in [0.3, 0.4) is 0 Å². The van der Waals surface area contributed by atoms with Gasteiger partial charge in [-0.3, -0.25) is 4.79 Å². The molecule has 2 atom stereocenters. The standard InChI is InChI=1S/C19H25N3O2S/c1-12-6-2-4-8-14(12)22-16(23)10-24-18-17-13-7-3-5-9-15(13)25-19(17)21-11-20-18/h11-12,14H,2-10H2,1H3,(H,22,23). The van der Waals surface area contributed by atoms with E-state index in [-0.39, 0.29) is 18.6 Å². The third kappa shape index (κ3) is 3.50. The molecule has 0 radical (unpaired) electrons. The Bertz CT molecular complexity index is 773. The van der Waals surface area contributed by atoms with Crippen LogP contribution in [0.2, 0.25) is 0 Å². The Labute approximate surface area is 152 Å². The van der Waals surface area contributed by atoms with Crippen molar-refractivity contribution < 1.29 is 9.53 Å². The van der Waals surface area contributed by atoms with Crippen LogP contribution < -0.4 is 10.1 Å². The topological polar surface area (TPSA) is 64.1 Å². The summed E-state index contributed by atoms with van der Waals surface area (Å²) in [5.74, 6) is 1.07. The number of thiophene rings is 1. The zero-order valence-electron chi connectivity index (χ0n) is 14.7. The smallest absolute Gasteiger partial charge is 0.258 e. The average molecular weight is 359 g/mol. The quantitative estimate of drug-likeness (QED) is 0.905. The summed E-state index contributed by atoms with van der Waals surface area (Å²) in [4.78, 5) is 23.4. The molecule has 5 nitrogen and oxygen atoms in total. The van der Waals surface area contributed by atoms with Gasteiger partial charge in [0.15, 0.2) is 6.61 Å². The predicted octanol–water partition coefficient (Wildman–Crippen LogP) is 3.64. The molecular weight excluding hydrogens is 334 g/mol. The third-order valence-corrected chi connectivity index (χ3v) is 6.71. The molecule has 2 aliphatic rings. The number of hydrogen-bond acceptors (Lipinski definition) is 5. The van der Waals surface area contributed by atoms with Gasteiger partial charge in [-0.1, -0.05) is 19.8 Å². The zero-order chi connectivity index (χ0) is 17.2. The van der Waals surface area contributed by atoms with Crippen molar-refractivity contribution in [1.29, 1.82) is 0 Å². The first kappa shape index (κ1) is 16.8. The summed E-state index contributed by atoms with van der Waals surface area (Å²) in [5, 5.41) is 4.17. The van der Waals surface area contributed by atoms with Crippen molar-refractivity contribution in [3.63, 3.8) is 0 Å². The fraction of sp³-hybridized carbons (Fsp3) is 0.632. The second-order valence-electron chi connectivity index (χ2n) is 7.29. The Morgan fingerprint density at radius 2 is 2.08 bits per heavy atom. The SMILES string of the molecule is CC1CCCCC1NC(=O)COc1ncnc2sc3c(c12)CCCC3. The van der Waals surface area contributed by atoms with Crippen LogP contribution in [-0.2, 0) is 17.6 Å². The average Bonchev–Trinajstić information content (AvgIpc) is 3.01. The molecule has 0 saturated heterocycles. The summed E-state index contributed by atoms with van der Waals surface area (Å²) in [6.07, 6.45) is 10.9. The van der Waals surface area contributed by atoms with Crippen molar-refractivity contribution in [3.8, 4) is 5.88 Å². The van der Waals surface area contributed by atoms with Crippen LogP contribution in [0.25, 0.3) is 10.2 Å². The molecule has 2 unspecified atom stereocenters. The van der Waals surface area contributed by atoms with E-state index in [1.807, 2.05) is 0 Å². The molecular formula is C19H25N3O2S. The highest BCUT2D eigenvalue weighted by molar-refractivity contribution is 7.18. The van der Waals surface area contributed by atoms with E-state index in [9.17, 15) is 4.79 Å². The molecule has 1 amide bonds. The highest BCUT2D eigenvalue weighted by Crippen LogP contribution is 2.38. The first-order chi connectivity index (χ1) is 12.2. The van der Waals surface area contributed by atoms with Crippen molar-refractivity contribution in [2.45, 2.75) is 64.3 Å². The molecule has 1 saturated carbocycles. The lowest BCUT2D eigenvalue weighted by atomic mass is 9.86. The van der Waals surface area contributed by atoms with E-state index in [0.29, 0.717) is 11.8 Å². The molecule has 1 fully saturated rings. The van der Waals surface area contributed by atoms with Crippen molar-refractivity contribution in [2.75, 3.05) is 6.61 Å². The number of aromatic nitrogens is 2. The second-order valence-corrected chi connectivity index (χ2v) is 8.38. The van der Waals surface area contributed by atoms with Crippen LogP contribution in [0.1, 0.15) is 55.9 Å². The summed E-state index contributed by atoms with van der Waals surface area (Å²) in [6, 6.07) is 0.282. The molecule has 0 spiro atoms. The summed E-state index contributed by atoms with van der Waals surface area (Å²) in [5.41, 5.74) is 1.34. The van der Waals surface area contributed by atoms with Gasteiger partial charge in [0.05, 0.1) is 5.39 Å². The molecule has 6 heteroatoms. The zero-order valence-corrected chi connectivity index (χ0v) is 15.5. The molecule has 0 aliphatic heterocycles. The monoisotopic (exact) mass is 359 g/mol. The van der Waals surface area contributed by atoms with Gasteiger partial charge in [-0.05, 0) is 50.0 Å². The molecule has 2 heterocycles. The fourth-order valence-corrected chi connectivity index (χ4v) is 5.30. The molecule has 4 rings (SSSR count). The van der Waals surface area contributed by atoms with Gasteiger partial charge in [0.2, 0.25) is 5.88 Å². The summed E-state index contributed by atoms with van der Waals surface area (Å²) >= 11 is 1.75. The Balaban J connectivity index is 1.46. The van der Waals surface area contributed by atoms with E-state index in [2.05, 4.69) is 22.2 Å². The van der Waals surface area contributed by atoms with Gasteiger partial charge in [0.25, 0.3) is 5.91 Å². The Kier molecular flexibility index (Phi) is 4.88. The van der Waals surface area contributed by atoms with Crippen LogP contribution in [-0.4, -0.2) is 28.5 Å². The van der Waals surface area contributed by atoms with Gasteiger partial charge >= 0.3 is 0 Å². The molecule has 1 N–H and O–H groups in total. The van der Waals surface area contributed by atoms with Crippen LogP contribution in [0, 0.1) is 5.92 Å². The molecule has 25 heavy (non-hydrogen) atoms. The number of ether oxygens (including phenoxy) is 1. The largest absolute Gasteiger partial charge is 0.467 e. The van der Waals surface area contributed by atoms with E-state index in [4.69, 9.17) is 4.74 Å². The van der Waals surface area contributed by atoms with Gasteiger partial charge in [-0.15, -0.1) is 11.3 Å².